The first-order chi connectivity index (χ1) is 10.8. The van der Waals surface area contributed by atoms with E-state index in [4.69, 9.17) is 9.56 Å². The fourth-order valence-corrected chi connectivity index (χ4v) is 3.30. The predicted octanol–water partition coefficient (Wildman–Crippen LogP) is 0.747. The van der Waals surface area contributed by atoms with Gasteiger partial charge in [0.2, 0.25) is 21.8 Å². The molecular weight excluding hydrogens is 320 g/mol. The maximum atomic E-state index is 12.0. The van der Waals surface area contributed by atoms with Gasteiger partial charge >= 0.3 is 6.01 Å². The van der Waals surface area contributed by atoms with Gasteiger partial charge in [-0.2, -0.15) is 0 Å². The Hall–Kier alpha value is -2.26. The summed E-state index contributed by atoms with van der Waals surface area (Å²) in [6.07, 6.45) is -0.180. The van der Waals surface area contributed by atoms with E-state index in [0.717, 1.165) is 21.6 Å². The van der Waals surface area contributed by atoms with Gasteiger partial charge in [0.15, 0.2) is 0 Å². The van der Waals surface area contributed by atoms with Crippen LogP contribution in [0.5, 0.6) is 0 Å². The molecule has 1 amide bonds. The van der Waals surface area contributed by atoms with Crippen LogP contribution in [0.3, 0.4) is 0 Å². The van der Waals surface area contributed by atoms with Crippen molar-refractivity contribution in [1.29, 1.82) is 0 Å². The summed E-state index contributed by atoms with van der Waals surface area (Å²) >= 11 is 0. The number of benzene rings is 1. The molecule has 9 heteroatoms. The summed E-state index contributed by atoms with van der Waals surface area (Å²) < 4.78 is 28.3. The molecule has 1 unspecified atom stereocenters. The second-order valence-corrected chi connectivity index (χ2v) is 7.47. The number of nitrogens with two attached hydrogens (primary N) is 1. The Labute approximate surface area is 133 Å². The molecule has 122 valence electrons. The number of sulfonamides is 1. The van der Waals surface area contributed by atoms with E-state index in [9.17, 15) is 13.2 Å². The van der Waals surface area contributed by atoms with Crippen molar-refractivity contribution in [2.45, 2.75) is 25.5 Å². The number of rotatable bonds is 3. The summed E-state index contributed by atoms with van der Waals surface area (Å²) in [6, 6.07) is 5.75. The molecule has 1 aromatic carbocycles. The normalized spacial score (nSPS) is 18.7. The maximum absolute atomic E-state index is 12.0. The third-order valence-electron chi connectivity index (χ3n) is 3.81. The van der Waals surface area contributed by atoms with Crippen LogP contribution in [0.25, 0.3) is 11.5 Å². The van der Waals surface area contributed by atoms with Crippen molar-refractivity contribution in [3.8, 4) is 11.5 Å². The lowest BCUT2D eigenvalue weighted by Gasteiger charge is -2.10. The Morgan fingerprint density at radius 1 is 1.30 bits per heavy atom. The Morgan fingerprint density at radius 2 is 2.04 bits per heavy atom. The number of hydrogen-bond acceptors (Lipinski definition) is 6. The Morgan fingerprint density at radius 3 is 2.65 bits per heavy atom. The van der Waals surface area contributed by atoms with Crippen LogP contribution >= 0.6 is 0 Å². The van der Waals surface area contributed by atoms with Crippen LogP contribution in [0, 0.1) is 13.8 Å². The Balaban J connectivity index is 1.89. The van der Waals surface area contributed by atoms with E-state index in [1.165, 1.54) is 0 Å². The molecule has 1 aliphatic rings. The molecule has 8 nitrogen and oxygen atoms in total. The molecule has 0 radical (unpaired) electrons. The van der Waals surface area contributed by atoms with Gasteiger partial charge in [-0.1, -0.05) is 22.8 Å². The largest absolute Gasteiger partial charge is 0.403 e. The fourth-order valence-electron chi connectivity index (χ4n) is 2.57. The quantitative estimate of drug-likeness (QED) is 0.883. The SMILES string of the molecule is Cc1ccc(-c2nnc(N3CC(S(N)(=O)=O)CC3=O)o2)c(C)c1. The van der Waals surface area contributed by atoms with Crippen LogP contribution in [0.4, 0.5) is 6.01 Å². The molecule has 1 atom stereocenters. The van der Waals surface area contributed by atoms with Crippen LogP contribution in [-0.4, -0.2) is 36.3 Å². The summed E-state index contributed by atoms with van der Waals surface area (Å²) in [4.78, 5) is 13.1. The molecule has 2 aromatic rings. The van der Waals surface area contributed by atoms with E-state index < -0.39 is 21.2 Å². The first kappa shape index (κ1) is 15.6. The van der Waals surface area contributed by atoms with Gasteiger partial charge in [-0.15, -0.1) is 5.10 Å². The number of carbonyl (C=O) groups is 1. The third-order valence-corrected chi connectivity index (χ3v) is 5.06. The summed E-state index contributed by atoms with van der Waals surface area (Å²) in [5.41, 5.74) is 2.84. The number of nitrogens with zero attached hydrogens (tertiary/aromatic N) is 3. The van der Waals surface area contributed by atoms with Gasteiger partial charge in [0, 0.05) is 18.5 Å². The van der Waals surface area contributed by atoms with E-state index in [2.05, 4.69) is 10.2 Å². The van der Waals surface area contributed by atoms with E-state index in [1.54, 1.807) is 0 Å². The van der Waals surface area contributed by atoms with Gasteiger partial charge in [-0.05, 0) is 25.5 Å². The molecule has 1 aromatic heterocycles. The average molecular weight is 336 g/mol. The van der Waals surface area contributed by atoms with Gasteiger partial charge in [0.25, 0.3) is 0 Å². The van der Waals surface area contributed by atoms with Crippen molar-refractivity contribution in [2.24, 2.45) is 5.14 Å². The average Bonchev–Trinajstić information content (AvgIpc) is 3.04. The molecule has 1 fully saturated rings. The molecule has 1 saturated heterocycles. The van der Waals surface area contributed by atoms with Crippen molar-refractivity contribution >= 4 is 21.9 Å². The van der Waals surface area contributed by atoms with E-state index in [-0.39, 0.29) is 24.9 Å². The zero-order valence-electron chi connectivity index (χ0n) is 12.7. The van der Waals surface area contributed by atoms with Gasteiger partial charge in [0.1, 0.15) is 5.25 Å². The molecular formula is C14H16N4O4S. The van der Waals surface area contributed by atoms with Crippen molar-refractivity contribution in [3.63, 3.8) is 0 Å². The van der Waals surface area contributed by atoms with Crippen LogP contribution < -0.4 is 10.0 Å². The lowest BCUT2D eigenvalue weighted by Crippen LogP contribution is -2.32. The van der Waals surface area contributed by atoms with Gasteiger partial charge in [-0.25, -0.2) is 13.6 Å². The van der Waals surface area contributed by atoms with Crippen LogP contribution in [0.15, 0.2) is 22.6 Å². The molecule has 23 heavy (non-hydrogen) atoms. The molecule has 0 saturated carbocycles. The summed E-state index contributed by atoms with van der Waals surface area (Å²) in [6.45, 7) is 3.82. The molecule has 3 rings (SSSR count). The second-order valence-electron chi connectivity index (χ2n) is 5.63. The molecule has 0 bridgehead atoms. The van der Waals surface area contributed by atoms with Crippen LogP contribution in [-0.2, 0) is 14.8 Å². The van der Waals surface area contributed by atoms with E-state index in [0.29, 0.717) is 0 Å². The van der Waals surface area contributed by atoms with E-state index >= 15 is 0 Å². The van der Waals surface area contributed by atoms with E-state index in [1.807, 2.05) is 32.0 Å². The van der Waals surface area contributed by atoms with Gasteiger partial charge < -0.3 is 4.42 Å². The zero-order chi connectivity index (χ0) is 16.8. The summed E-state index contributed by atoms with van der Waals surface area (Å²) in [7, 11) is -3.79. The topological polar surface area (TPSA) is 119 Å². The molecule has 0 aliphatic carbocycles. The molecule has 0 spiro atoms. The zero-order valence-corrected chi connectivity index (χ0v) is 13.5. The van der Waals surface area contributed by atoms with Crippen LogP contribution in [0.1, 0.15) is 17.5 Å². The van der Waals surface area contributed by atoms with Crippen LogP contribution in [0.2, 0.25) is 0 Å². The molecule has 1 aliphatic heterocycles. The van der Waals surface area contributed by atoms with Crippen molar-refractivity contribution in [1.82, 2.24) is 10.2 Å². The number of carbonyl (C=O) groups excluding carboxylic acids is 1. The van der Waals surface area contributed by atoms with Gasteiger partial charge in [-0.3, -0.25) is 9.69 Å². The maximum Gasteiger partial charge on any atom is 0.325 e. The first-order valence-corrected chi connectivity index (χ1v) is 8.60. The number of primary sulfonamides is 1. The van der Waals surface area contributed by atoms with Crippen molar-refractivity contribution in [2.75, 3.05) is 11.4 Å². The highest BCUT2D eigenvalue weighted by atomic mass is 32.2. The number of hydrogen-bond donors (Lipinski definition) is 1. The number of anilines is 1. The number of aromatic nitrogens is 2. The second kappa shape index (κ2) is 5.43. The number of aryl methyl sites for hydroxylation is 2. The minimum Gasteiger partial charge on any atom is -0.403 e. The third kappa shape index (κ3) is 2.97. The minimum absolute atomic E-state index is 0.0175. The lowest BCUT2D eigenvalue weighted by molar-refractivity contribution is -0.117. The highest BCUT2D eigenvalue weighted by Gasteiger charge is 2.39. The first-order valence-electron chi connectivity index (χ1n) is 6.99. The lowest BCUT2D eigenvalue weighted by atomic mass is 10.1. The summed E-state index contributed by atoms with van der Waals surface area (Å²) in [5.74, 6) is -0.121. The van der Waals surface area contributed by atoms with Gasteiger partial charge in [0.05, 0.1) is 0 Å². The van der Waals surface area contributed by atoms with Crippen molar-refractivity contribution < 1.29 is 17.6 Å². The Bertz CT molecular complexity index is 875. The van der Waals surface area contributed by atoms with Crippen molar-refractivity contribution in [3.05, 3.63) is 29.3 Å². The summed E-state index contributed by atoms with van der Waals surface area (Å²) in [5, 5.41) is 12.0. The molecule has 2 N–H and O–H groups in total. The fraction of sp³-hybridized carbons (Fsp3) is 0.357. The molecule has 2 heterocycles. The monoisotopic (exact) mass is 336 g/mol. The standard InChI is InChI=1S/C14H16N4O4S/c1-8-3-4-11(9(2)5-8)13-16-17-14(22-13)18-7-10(6-12(18)19)23(15,20)21/h3-5,10H,6-7H2,1-2H3,(H2,15,20,21). The predicted molar refractivity (Wildman–Crippen MR) is 83.1 cm³/mol. The highest BCUT2D eigenvalue weighted by molar-refractivity contribution is 7.89. The Kier molecular flexibility index (Phi) is 3.69. The number of amides is 1. The smallest absolute Gasteiger partial charge is 0.325 e. The highest BCUT2D eigenvalue weighted by Crippen LogP contribution is 2.28. The minimum atomic E-state index is -3.79.